The lowest BCUT2D eigenvalue weighted by Gasteiger charge is -2.10. The third-order valence-electron chi connectivity index (χ3n) is 3.38. The number of carbonyl (C=O) groups excluding carboxylic acids is 1. The van der Waals surface area contributed by atoms with Crippen LogP contribution in [0.5, 0.6) is 0 Å². The van der Waals surface area contributed by atoms with Crippen molar-refractivity contribution in [2.45, 2.75) is 52.4 Å². The van der Waals surface area contributed by atoms with Crippen LogP contribution in [0, 0.1) is 0 Å². The van der Waals surface area contributed by atoms with Crippen LogP contribution < -0.4 is 0 Å². The third-order valence-corrected chi connectivity index (χ3v) is 3.38. The minimum atomic E-state index is -0.0992. The largest absolute Gasteiger partial charge is 0.461 e. The van der Waals surface area contributed by atoms with Crippen molar-refractivity contribution in [2.24, 2.45) is 0 Å². The summed E-state index contributed by atoms with van der Waals surface area (Å²) >= 11 is 0. The van der Waals surface area contributed by atoms with Gasteiger partial charge in [0.1, 0.15) is 6.61 Å². The van der Waals surface area contributed by atoms with Gasteiger partial charge in [0.15, 0.2) is 0 Å². The zero-order valence-electron chi connectivity index (χ0n) is 12.9. The molecule has 0 radical (unpaired) electrons. The molecule has 1 aromatic carbocycles. The summed E-state index contributed by atoms with van der Waals surface area (Å²) in [7, 11) is 0. The van der Waals surface area contributed by atoms with Crippen LogP contribution in [0.2, 0.25) is 0 Å². The third kappa shape index (κ3) is 6.55. The first-order valence-corrected chi connectivity index (χ1v) is 7.49. The molecule has 20 heavy (non-hydrogen) atoms. The molecule has 110 valence electrons. The number of hydrogen-bond acceptors (Lipinski definition) is 2. The first kappa shape index (κ1) is 16.5. The van der Waals surface area contributed by atoms with Crippen molar-refractivity contribution in [3.05, 3.63) is 47.5 Å². The first-order chi connectivity index (χ1) is 9.63. The highest BCUT2D eigenvalue weighted by molar-refractivity contribution is 5.69. The van der Waals surface area contributed by atoms with Crippen LogP contribution in [-0.2, 0) is 9.53 Å². The fourth-order valence-corrected chi connectivity index (χ4v) is 2.06. The van der Waals surface area contributed by atoms with Crippen molar-refractivity contribution in [3.63, 3.8) is 0 Å². The van der Waals surface area contributed by atoms with E-state index in [0.29, 0.717) is 18.9 Å². The molecule has 0 aliphatic rings. The Morgan fingerprint density at radius 1 is 1.30 bits per heavy atom. The van der Waals surface area contributed by atoms with E-state index < -0.39 is 0 Å². The predicted molar refractivity (Wildman–Crippen MR) is 83.7 cm³/mol. The van der Waals surface area contributed by atoms with Gasteiger partial charge in [-0.3, -0.25) is 4.79 Å². The summed E-state index contributed by atoms with van der Waals surface area (Å²) in [5.74, 6) is 0.459. The number of benzene rings is 1. The molecule has 0 spiro atoms. The fraction of sp³-hybridized carbons (Fsp3) is 0.500. The van der Waals surface area contributed by atoms with E-state index in [9.17, 15) is 4.79 Å². The van der Waals surface area contributed by atoms with Gasteiger partial charge in [-0.25, -0.2) is 0 Å². The molecule has 0 fully saturated rings. The molecule has 0 aromatic heterocycles. The van der Waals surface area contributed by atoms with Crippen LogP contribution in [0.1, 0.15) is 57.9 Å². The second-order valence-electron chi connectivity index (χ2n) is 5.35. The monoisotopic (exact) mass is 274 g/mol. The number of allylic oxidation sites excluding steroid dienone is 1. The minimum absolute atomic E-state index is 0.0992. The molecule has 0 amide bonds. The van der Waals surface area contributed by atoms with Crippen LogP contribution in [0.4, 0.5) is 0 Å². The van der Waals surface area contributed by atoms with Crippen LogP contribution in [0.25, 0.3) is 0 Å². The maximum atomic E-state index is 11.3. The van der Waals surface area contributed by atoms with E-state index in [4.69, 9.17) is 4.74 Å². The summed E-state index contributed by atoms with van der Waals surface area (Å²) in [6, 6.07) is 10.6. The Kier molecular flexibility index (Phi) is 7.71. The number of carbonyl (C=O) groups is 1. The van der Waals surface area contributed by atoms with Crippen molar-refractivity contribution >= 4 is 5.97 Å². The van der Waals surface area contributed by atoms with E-state index >= 15 is 0 Å². The molecule has 0 aliphatic carbocycles. The molecular weight excluding hydrogens is 248 g/mol. The van der Waals surface area contributed by atoms with E-state index in [1.165, 1.54) is 5.56 Å². The molecule has 2 nitrogen and oxygen atoms in total. The number of rotatable bonds is 8. The highest BCUT2D eigenvalue weighted by Crippen LogP contribution is 2.20. The van der Waals surface area contributed by atoms with Gasteiger partial charge in [-0.2, -0.15) is 0 Å². The van der Waals surface area contributed by atoms with Crippen LogP contribution >= 0.6 is 0 Å². The zero-order chi connectivity index (χ0) is 14.8. The highest BCUT2D eigenvalue weighted by atomic mass is 16.5. The Morgan fingerprint density at radius 3 is 2.65 bits per heavy atom. The molecule has 1 atom stereocenters. The van der Waals surface area contributed by atoms with Gasteiger partial charge in [0.05, 0.1) is 0 Å². The lowest BCUT2D eigenvalue weighted by Crippen LogP contribution is -2.05. The van der Waals surface area contributed by atoms with Crippen LogP contribution in [-0.4, -0.2) is 12.6 Å². The summed E-state index contributed by atoms with van der Waals surface area (Å²) in [4.78, 5) is 11.3. The Balaban J connectivity index is 2.28. The molecule has 0 heterocycles. The fourth-order valence-electron chi connectivity index (χ4n) is 2.06. The van der Waals surface area contributed by atoms with Gasteiger partial charge in [-0.05, 0) is 43.2 Å². The van der Waals surface area contributed by atoms with E-state index in [2.05, 4.69) is 37.3 Å². The lowest BCUT2D eigenvalue weighted by atomic mass is 9.96. The predicted octanol–water partition coefficient (Wildman–Crippen LogP) is 4.86. The Labute approximate surface area is 122 Å². The average Bonchev–Trinajstić information content (AvgIpc) is 2.46. The molecule has 1 aromatic rings. The second kappa shape index (κ2) is 9.35. The van der Waals surface area contributed by atoms with Gasteiger partial charge in [-0.15, -0.1) is 0 Å². The van der Waals surface area contributed by atoms with Crippen molar-refractivity contribution in [3.8, 4) is 0 Å². The van der Waals surface area contributed by atoms with Crippen molar-refractivity contribution < 1.29 is 9.53 Å². The molecule has 1 rings (SSSR count). The van der Waals surface area contributed by atoms with E-state index in [0.717, 1.165) is 24.8 Å². The molecule has 0 saturated heterocycles. The van der Waals surface area contributed by atoms with Crippen molar-refractivity contribution in [1.82, 2.24) is 0 Å². The molecule has 0 N–H and O–H groups in total. The summed E-state index contributed by atoms with van der Waals surface area (Å²) < 4.78 is 5.18. The smallest absolute Gasteiger partial charge is 0.306 e. The first-order valence-electron chi connectivity index (χ1n) is 7.49. The van der Waals surface area contributed by atoms with Gasteiger partial charge in [-0.1, -0.05) is 50.3 Å². The topological polar surface area (TPSA) is 26.3 Å². The van der Waals surface area contributed by atoms with E-state index in [1.54, 1.807) is 0 Å². The molecule has 2 heteroatoms. The zero-order valence-corrected chi connectivity index (χ0v) is 12.9. The van der Waals surface area contributed by atoms with Crippen molar-refractivity contribution in [1.29, 1.82) is 0 Å². The molecule has 1 unspecified atom stereocenters. The molecule has 0 aliphatic heterocycles. The van der Waals surface area contributed by atoms with Crippen molar-refractivity contribution in [2.75, 3.05) is 6.61 Å². The van der Waals surface area contributed by atoms with Gasteiger partial charge in [0.2, 0.25) is 0 Å². The minimum Gasteiger partial charge on any atom is -0.461 e. The van der Waals surface area contributed by atoms with Gasteiger partial charge in [0, 0.05) is 6.42 Å². The maximum Gasteiger partial charge on any atom is 0.306 e. The highest BCUT2D eigenvalue weighted by Gasteiger charge is 2.04. The maximum absolute atomic E-state index is 11.3. The van der Waals surface area contributed by atoms with Gasteiger partial charge >= 0.3 is 5.97 Å². The summed E-state index contributed by atoms with van der Waals surface area (Å²) in [5.41, 5.74) is 2.52. The summed E-state index contributed by atoms with van der Waals surface area (Å²) in [5, 5.41) is 0. The normalized spacial score (nSPS) is 13.1. The number of hydrogen-bond donors (Lipinski definition) is 0. The summed E-state index contributed by atoms with van der Waals surface area (Å²) in [6.45, 7) is 6.68. The van der Waals surface area contributed by atoms with Gasteiger partial charge in [0.25, 0.3) is 0 Å². The Bertz CT molecular complexity index is 420. The molecule has 0 bridgehead atoms. The number of ether oxygens (including phenoxy) is 1. The summed E-state index contributed by atoms with van der Waals surface area (Å²) in [6.07, 6.45) is 5.67. The Morgan fingerprint density at radius 2 is 2.00 bits per heavy atom. The Hall–Kier alpha value is -1.57. The quantitative estimate of drug-likeness (QED) is 0.500. The number of esters is 1. The lowest BCUT2D eigenvalue weighted by molar-refractivity contribution is -0.142. The van der Waals surface area contributed by atoms with E-state index in [-0.39, 0.29) is 5.97 Å². The van der Waals surface area contributed by atoms with Gasteiger partial charge < -0.3 is 4.74 Å². The van der Waals surface area contributed by atoms with Crippen LogP contribution in [0.15, 0.2) is 42.0 Å². The SMILES string of the molecule is CCCC(=O)OC/C(C)=C/CCC(C)c1ccccc1. The van der Waals surface area contributed by atoms with E-state index in [1.807, 2.05) is 19.9 Å². The van der Waals surface area contributed by atoms with Crippen LogP contribution in [0.3, 0.4) is 0 Å². The average molecular weight is 274 g/mol. The molecule has 0 saturated carbocycles. The molecular formula is C18H26O2. The standard InChI is InChI=1S/C18H26O2/c1-4-9-18(19)20-14-15(2)10-8-11-16(3)17-12-6-5-7-13-17/h5-7,10,12-13,16H,4,8-9,11,14H2,1-3H3/b15-10+. The second-order valence-corrected chi connectivity index (χ2v) is 5.35.